The summed E-state index contributed by atoms with van der Waals surface area (Å²) in [4.78, 5) is 34.2. The van der Waals surface area contributed by atoms with Crippen molar-refractivity contribution in [1.82, 2.24) is 9.78 Å². The number of benzene rings is 2. The van der Waals surface area contributed by atoms with Crippen LogP contribution in [0.2, 0.25) is 0 Å². The minimum absolute atomic E-state index is 0.0408. The number of rotatable bonds is 5. The Labute approximate surface area is 146 Å². The molecule has 3 rings (SSSR count). The van der Waals surface area contributed by atoms with E-state index in [4.69, 9.17) is 5.11 Å². The molecule has 0 unspecified atom stereocenters. The first-order valence-electron chi connectivity index (χ1n) is 7.39. The monoisotopic (exact) mass is 352 g/mol. The van der Waals surface area contributed by atoms with E-state index < -0.39 is 29.2 Å². The number of hydrogen-bond acceptors (Lipinski definition) is 4. The number of aromatic carboxylic acids is 3. The van der Waals surface area contributed by atoms with E-state index in [0.29, 0.717) is 11.3 Å². The van der Waals surface area contributed by atoms with Gasteiger partial charge < -0.3 is 15.3 Å². The smallest absolute Gasteiger partial charge is 0.357 e. The maximum Gasteiger partial charge on any atom is 0.357 e. The average molecular weight is 352 g/mol. The molecule has 0 bridgehead atoms. The molecular formula is C18H12N2O6. The van der Waals surface area contributed by atoms with Crippen LogP contribution in [0.5, 0.6) is 0 Å². The minimum atomic E-state index is -1.47. The van der Waals surface area contributed by atoms with Gasteiger partial charge in [-0.25, -0.2) is 19.1 Å². The van der Waals surface area contributed by atoms with Crippen molar-refractivity contribution < 1.29 is 29.7 Å². The lowest BCUT2D eigenvalue weighted by Gasteiger charge is -2.09. The summed E-state index contributed by atoms with van der Waals surface area (Å²) >= 11 is 0. The molecule has 0 radical (unpaired) electrons. The molecule has 0 fully saturated rings. The molecule has 0 atom stereocenters. The molecule has 3 aromatic rings. The second kappa shape index (κ2) is 6.52. The average Bonchev–Trinajstić information content (AvgIpc) is 3.03. The van der Waals surface area contributed by atoms with Gasteiger partial charge in [0.05, 0.1) is 16.9 Å². The standard InChI is InChI=1S/C18H12N2O6/c21-16(22)11-6-8-12(9-7-11)20-15(10-4-2-1-3-5-10)13(17(23)24)14(19-20)18(25)26/h1-9H,(H,21,22)(H,23,24)(H,25,26). The molecule has 0 aliphatic heterocycles. The van der Waals surface area contributed by atoms with Crippen LogP contribution >= 0.6 is 0 Å². The number of hydrogen-bond donors (Lipinski definition) is 3. The predicted octanol–water partition coefficient (Wildman–Crippen LogP) is 2.63. The van der Waals surface area contributed by atoms with Gasteiger partial charge in [0.25, 0.3) is 0 Å². The largest absolute Gasteiger partial charge is 0.478 e. The van der Waals surface area contributed by atoms with Crippen LogP contribution in [0.25, 0.3) is 16.9 Å². The van der Waals surface area contributed by atoms with E-state index in [9.17, 15) is 24.6 Å². The Bertz CT molecular complexity index is 1010. The Kier molecular flexibility index (Phi) is 4.24. The van der Waals surface area contributed by atoms with Gasteiger partial charge in [0.2, 0.25) is 0 Å². The van der Waals surface area contributed by atoms with Gasteiger partial charge in [-0.15, -0.1) is 0 Å². The zero-order chi connectivity index (χ0) is 18.8. The molecule has 8 nitrogen and oxygen atoms in total. The lowest BCUT2D eigenvalue weighted by molar-refractivity contribution is 0.0648. The van der Waals surface area contributed by atoms with Crippen LogP contribution in [-0.4, -0.2) is 43.0 Å². The van der Waals surface area contributed by atoms with Crippen LogP contribution in [0, 0.1) is 0 Å². The van der Waals surface area contributed by atoms with Gasteiger partial charge in [-0.05, 0) is 24.3 Å². The zero-order valence-electron chi connectivity index (χ0n) is 13.2. The first-order chi connectivity index (χ1) is 12.4. The molecular weight excluding hydrogens is 340 g/mol. The van der Waals surface area contributed by atoms with Crippen LogP contribution in [0.15, 0.2) is 54.6 Å². The summed E-state index contributed by atoms with van der Waals surface area (Å²) < 4.78 is 1.19. The maximum absolute atomic E-state index is 11.7. The van der Waals surface area contributed by atoms with Crippen LogP contribution in [-0.2, 0) is 0 Å². The normalized spacial score (nSPS) is 10.5. The van der Waals surface area contributed by atoms with Crippen LogP contribution < -0.4 is 0 Å². The highest BCUT2D eigenvalue weighted by Crippen LogP contribution is 2.29. The van der Waals surface area contributed by atoms with Crippen LogP contribution in [0.1, 0.15) is 31.2 Å². The maximum atomic E-state index is 11.7. The highest BCUT2D eigenvalue weighted by Gasteiger charge is 2.29. The summed E-state index contributed by atoms with van der Waals surface area (Å²) in [7, 11) is 0. The lowest BCUT2D eigenvalue weighted by atomic mass is 10.1. The van der Waals surface area contributed by atoms with Gasteiger partial charge in [-0.2, -0.15) is 5.10 Å². The van der Waals surface area contributed by atoms with Gasteiger partial charge in [-0.1, -0.05) is 30.3 Å². The van der Waals surface area contributed by atoms with Crippen molar-refractivity contribution in [1.29, 1.82) is 0 Å². The van der Waals surface area contributed by atoms with Crippen LogP contribution in [0.4, 0.5) is 0 Å². The SMILES string of the molecule is O=C(O)c1ccc(-n2nc(C(=O)O)c(C(=O)O)c2-c2ccccc2)cc1. The number of nitrogens with zero attached hydrogens (tertiary/aromatic N) is 2. The molecule has 3 N–H and O–H groups in total. The van der Waals surface area contributed by atoms with Crippen molar-refractivity contribution in [3.63, 3.8) is 0 Å². The first-order valence-corrected chi connectivity index (χ1v) is 7.39. The highest BCUT2D eigenvalue weighted by atomic mass is 16.4. The van der Waals surface area contributed by atoms with Gasteiger partial charge >= 0.3 is 17.9 Å². The summed E-state index contributed by atoms with van der Waals surface area (Å²) in [6.07, 6.45) is 0. The van der Waals surface area contributed by atoms with Crippen LogP contribution in [0.3, 0.4) is 0 Å². The number of aromatic nitrogens is 2. The van der Waals surface area contributed by atoms with Crippen molar-refractivity contribution in [2.75, 3.05) is 0 Å². The van der Waals surface area contributed by atoms with E-state index >= 15 is 0 Å². The van der Waals surface area contributed by atoms with Crippen molar-refractivity contribution in [3.8, 4) is 16.9 Å². The van der Waals surface area contributed by atoms with Crippen molar-refractivity contribution in [2.45, 2.75) is 0 Å². The van der Waals surface area contributed by atoms with E-state index in [1.807, 2.05) is 0 Å². The first kappa shape index (κ1) is 16.9. The second-order valence-corrected chi connectivity index (χ2v) is 5.31. The topological polar surface area (TPSA) is 130 Å². The fourth-order valence-corrected chi connectivity index (χ4v) is 2.57. The molecule has 0 aliphatic rings. The Morgan fingerprint density at radius 1 is 0.769 bits per heavy atom. The molecule has 26 heavy (non-hydrogen) atoms. The number of carbonyl (C=O) groups is 3. The fraction of sp³-hybridized carbons (Fsp3) is 0. The molecule has 0 spiro atoms. The fourth-order valence-electron chi connectivity index (χ4n) is 2.57. The van der Waals surface area contributed by atoms with E-state index in [0.717, 1.165) is 0 Å². The van der Waals surface area contributed by atoms with Gasteiger partial charge in [0.15, 0.2) is 5.69 Å². The summed E-state index contributed by atoms with van der Waals surface area (Å²) in [5, 5.41) is 31.8. The molecule has 1 aromatic heterocycles. The molecule has 0 aliphatic carbocycles. The third-order valence-corrected chi connectivity index (χ3v) is 3.71. The van der Waals surface area contributed by atoms with Crippen molar-refractivity contribution >= 4 is 17.9 Å². The molecule has 0 saturated heterocycles. The molecule has 2 aromatic carbocycles. The third kappa shape index (κ3) is 2.91. The van der Waals surface area contributed by atoms with E-state index in [1.54, 1.807) is 30.3 Å². The minimum Gasteiger partial charge on any atom is -0.478 e. The van der Waals surface area contributed by atoms with Crippen molar-refractivity contribution in [3.05, 3.63) is 71.4 Å². The van der Waals surface area contributed by atoms with E-state index in [1.165, 1.54) is 28.9 Å². The Morgan fingerprint density at radius 2 is 1.38 bits per heavy atom. The summed E-state index contributed by atoms with van der Waals surface area (Å²) in [5.41, 5.74) is -0.0987. The second-order valence-electron chi connectivity index (χ2n) is 5.31. The third-order valence-electron chi connectivity index (χ3n) is 3.71. The summed E-state index contributed by atoms with van der Waals surface area (Å²) in [5.74, 6) is -4.01. The lowest BCUT2D eigenvalue weighted by Crippen LogP contribution is -2.07. The van der Waals surface area contributed by atoms with Crippen molar-refractivity contribution in [2.24, 2.45) is 0 Å². The molecule has 1 heterocycles. The van der Waals surface area contributed by atoms with E-state index in [2.05, 4.69) is 5.10 Å². The molecule has 0 amide bonds. The Hall–Kier alpha value is -3.94. The Morgan fingerprint density at radius 3 is 1.88 bits per heavy atom. The molecule has 130 valence electrons. The summed E-state index contributed by atoms with van der Waals surface area (Å²) in [6, 6.07) is 13.9. The quantitative estimate of drug-likeness (QED) is 0.643. The van der Waals surface area contributed by atoms with E-state index in [-0.39, 0.29) is 11.3 Å². The zero-order valence-corrected chi connectivity index (χ0v) is 13.2. The summed E-state index contributed by atoms with van der Waals surface area (Å²) in [6.45, 7) is 0. The number of carboxylic acids is 3. The van der Waals surface area contributed by atoms with Gasteiger partial charge in [0, 0.05) is 5.56 Å². The molecule has 8 heteroatoms. The number of carboxylic acid groups (broad SMARTS) is 3. The van der Waals surface area contributed by atoms with Gasteiger partial charge in [0.1, 0.15) is 5.56 Å². The predicted molar refractivity (Wildman–Crippen MR) is 89.9 cm³/mol. The highest BCUT2D eigenvalue weighted by molar-refractivity contribution is 6.05. The van der Waals surface area contributed by atoms with Gasteiger partial charge in [-0.3, -0.25) is 0 Å². The molecule has 0 saturated carbocycles. The Balaban J connectivity index is 2.31.